The monoisotopic (exact) mass is 396 g/mol. The van der Waals surface area contributed by atoms with E-state index in [1.54, 1.807) is 6.07 Å². The lowest BCUT2D eigenvalue weighted by molar-refractivity contribution is 0.0354. The average Bonchev–Trinajstić information content (AvgIpc) is 2.42. The highest BCUT2D eigenvalue weighted by Crippen LogP contribution is 2.25. The summed E-state index contributed by atoms with van der Waals surface area (Å²) in [5.41, 5.74) is 0. The van der Waals surface area contributed by atoms with Gasteiger partial charge in [0.15, 0.2) is 0 Å². The fourth-order valence-electron chi connectivity index (χ4n) is 2.19. The lowest BCUT2D eigenvalue weighted by Crippen LogP contribution is -2.45. The van der Waals surface area contributed by atoms with Crippen molar-refractivity contribution in [2.24, 2.45) is 0 Å². The van der Waals surface area contributed by atoms with E-state index in [0.717, 1.165) is 13.1 Å². The molecule has 1 aliphatic rings. The lowest BCUT2D eigenvalue weighted by Gasteiger charge is -2.29. The number of morpholine rings is 1. The van der Waals surface area contributed by atoms with Gasteiger partial charge in [-0.25, -0.2) is 13.1 Å². The predicted octanol–water partition coefficient (Wildman–Crippen LogP) is 2.10. The molecule has 0 spiro atoms. The minimum atomic E-state index is -3.55. The van der Waals surface area contributed by atoms with E-state index < -0.39 is 10.0 Å². The van der Waals surface area contributed by atoms with E-state index in [9.17, 15) is 8.42 Å². The van der Waals surface area contributed by atoms with Crippen molar-refractivity contribution in [2.45, 2.75) is 17.9 Å². The molecule has 0 saturated carbocycles. The summed E-state index contributed by atoms with van der Waals surface area (Å²) in [5, 5.41) is 0.482. The Labute approximate surface area is 138 Å². The zero-order valence-electron chi connectivity index (χ0n) is 11.7. The molecule has 0 bridgehead atoms. The van der Waals surface area contributed by atoms with Crippen LogP contribution in [0, 0.1) is 0 Å². The smallest absolute Gasteiger partial charge is 0.240 e. The highest BCUT2D eigenvalue weighted by Gasteiger charge is 2.20. The second kappa shape index (κ2) is 7.39. The first kappa shape index (κ1) is 17.2. The van der Waals surface area contributed by atoms with Crippen LogP contribution in [0.4, 0.5) is 0 Å². The molecule has 1 aromatic rings. The number of hydrogen-bond acceptors (Lipinski definition) is 4. The number of nitrogens with zero attached hydrogens (tertiary/aromatic N) is 1. The van der Waals surface area contributed by atoms with Gasteiger partial charge < -0.3 is 4.74 Å². The summed E-state index contributed by atoms with van der Waals surface area (Å²) in [6, 6.07) is 4.39. The molecule has 0 radical (unpaired) electrons. The van der Waals surface area contributed by atoms with Gasteiger partial charge in [-0.05, 0) is 41.1 Å². The Bertz CT molecular complexity index is 591. The van der Waals surface area contributed by atoms with Gasteiger partial charge >= 0.3 is 0 Å². The summed E-state index contributed by atoms with van der Waals surface area (Å²) in [5.74, 6) is 0. The largest absolute Gasteiger partial charge is 0.379 e. The standard InChI is InChI=1S/C13H18BrClN2O3S/c1-10(9-17-4-6-20-7-5-17)16-21(18,19)11-2-3-13(15)12(14)8-11/h2-3,8,10,16H,4-7,9H2,1H3. The third-order valence-electron chi connectivity index (χ3n) is 3.19. The third kappa shape index (κ3) is 4.91. The molecule has 8 heteroatoms. The molecule has 1 N–H and O–H groups in total. The number of halogens is 2. The van der Waals surface area contributed by atoms with Gasteiger partial charge in [-0.2, -0.15) is 0 Å². The van der Waals surface area contributed by atoms with E-state index >= 15 is 0 Å². The van der Waals surface area contributed by atoms with Gasteiger partial charge in [0.05, 0.1) is 23.1 Å². The van der Waals surface area contributed by atoms with Gasteiger partial charge in [0.2, 0.25) is 10.0 Å². The van der Waals surface area contributed by atoms with E-state index in [-0.39, 0.29) is 10.9 Å². The summed E-state index contributed by atoms with van der Waals surface area (Å²) in [7, 11) is -3.55. The zero-order chi connectivity index (χ0) is 15.5. The summed E-state index contributed by atoms with van der Waals surface area (Å²) < 4.78 is 33.2. The number of sulfonamides is 1. The van der Waals surface area contributed by atoms with Gasteiger partial charge in [0.25, 0.3) is 0 Å². The van der Waals surface area contributed by atoms with Crippen LogP contribution in [0.3, 0.4) is 0 Å². The molecule has 0 aromatic heterocycles. The molecule has 1 atom stereocenters. The van der Waals surface area contributed by atoms with Crippen molar-refractivity contribution in [1.29, 1.82) is 0 Å². The fourth-order valence-corrected chi connectivity index (χ4v) is 4.09. The fraction of sp³-hybridized carbons (Fsp3) is 0.538. The van der Waals surface area contributed by atoms with Crippen LogP contribution in [0.2, 0.25) is 5.02 Å². The van der Waals surface area contributed by atoms with Gasteiger partial charge in [0, 0.05) is 30.1 Å². The molecule has 0 aliphatic carbocycles. The normalized spacial score (nSPS) is 18.6. The van der Waals surface area contributed by atoms with Gasteiger partial charge in [-0.3, -0.25) is 4.90 Å². The maximum atomic E-state index is 12.3. The van der Waals surface area contributed by atoms with Crippen molar-refractivity contribution in [3.05, 3.63) is 27.7 Å². The number of nitrogens with one attached hydrogen (secondary N) is 1. The quantitative estimate of drug-likeness (QED) is 0.827. The van der Waals surface area contributed by atoms with E-state index in [1.807, 2.05) is 6.92 Å². The average molecular weight is 398 g/mol. The van der Waals surface area contributed by atoms with Crippen LogP contribution in [0.5, 0.6) is 0 Å². The summed E-state index contributed by atoms with van der Waals surface area (Å²) in [4.78, 5) is 2.39. The molecule has 0 amide bonds. The van der Waals surface area contributed by atoms with Crippen molar-refractivity contribution in [3.63, 3.8) is 0 Å². The molecule has 1 heterocycles. The Morgan fingerprint density at radius 3 is 2.71 bits per heavy atom. The Morgan fingerprint density at radius 2 is 2.10 bits per heavy atom. The van der Waals surface area contributed by atoms with Crippen molar-refractivity contribution < 1.29 is 13.2 Å². The Kier molecular flexibility index (Phi) is 6.05. The van der Waals surface area contributed by atoms with E-state index in [2.05, 4.69) is 25.6 Å². The second-order valence-corrected chi connectivity index (χ2v) is 7.99. The van der Waals surface area contributed by atoms with Crippen LogP contribution >= 0.6 is 27.5 Å². The number of hydrogen-bond donors (Lipinski definition) is 1. The van der Waals surface area contributed by atoms with Crippen molar-refractivity contribution in [2.75, 3.05) is 32.8 Å². The zero-order valence-corrected chi connectivity index (χ0v) is 14.8. The van der Waals surface area contributed by atoms with Crippen LogP contribution in [0.1, 0.15) is 6.92 Å². The molecule has 21 heavy (non-hydrogen) atoms. The first-order valence-electron chi connectivity index (χ1n) is 6.66. The molecular weight excluding hydrogens is 380 g/mol. The van der Waals surface area contributed by atoms with Crippen LogP contribution in [-0.4, -0.2) is 52.2 Å². The van der Waals surface area contributed by atoms with Crippen LogP contribution in [0.15, 0.2) is 27.6 Å². The van der Waals surface area contributed by atoms with E-state index in [4.69, 9.17) is 16.3 Å². The Morgan fingerprint density at radius 1 is 1.43 bits per heavy atom. The van der Waals surface area contributed by atoms with Crippen LogP contribution < -0.4 is 4.72 Å². The highest BCUT2D eigenvalue weighted by atomic mass is 79.9. The van der Waals surface area contributed by atoms with E-state index in [0.29, 0.717) is 29.3 Å². The molecule has 1 unspecified atom stereocenters. The predicted molar refractivity (Wildman–Crippen MR) is 86.2 cm³/mol. The molecule has 1 saturated heterocycles. The topological polar surface area (TPSA) is 58.6 Å². The molecule has 5 nitrogen and oxygen atoms in total. The maximum Gasteiger partial charge on any atom is 0.240 e. The van der Waals surface area contributed by atoms with Gasteiger partial charge in [-0.1, -0.05) is 11.6 Å². The second-order valence-electron chi connectivity index (χ2n) is 5.01. The Balaban J connectivity index is 2.00. The first-order chi connectivity index (χ1) is 9.88. The Hall–Kier alpha value is -0.180. The number of rotatable bonds is 5. The molecular formula is C13H18BrClN2O3S. The maximum absolute atomic E-state index is 12.3. The summed E-state index contributed by atoms with van der Waals surface area (Å²) >= 11 is 9.12. The van der Waals surface area contributed by atoms with Crippen LogP contribution in [-0.2, 0) is 14.8 Å². The molecule has 118 valence electrons. The number of ether oxygens (including phenoxy) is 1. The van der Waals surface area contributed by atoms with Gasteiger partial charge in [-0.15, -0.1) is 0 Å². The highest BCUT2D eigenvalue weighted by molar-refractivity contribution is 9.10. The lowest BCUT2D eigenvalue weighted by atomic mass is 10.3. The number of benzene rings is 1. The van der Waals surface area contributed by atoms with Crippen molar-refractivity contribution >= 4 is 37.6 Å². The summed E-state index contributed by atoms with van der Waals surface area (Å²) in [6.07, 6.45) is 0. The molecule has 1 aliphatic heterocycles. The third-order valence-corrected chi connectivity index (χ3v) is 5.99. The minimum absolute atomic E-state index is 0.178. The first-order valence-corrected chi connectivity index (χ1v) is 9.31. The van der Waals surface area contributed by atoms with Gasteiger partial charge in [0.1, 0.15) is 0 Å². The molecule has 1 fully saturated rings. The molecule has 1 aromatic carbocycles. The molecule has 2 rings (SSSR count). The summed E-state index contributed by atoms with van der Waals surface area (Å²) in [6.45, 7) is 5.58. The van der Waals surface area contributed by atoms with E-state index in [1.165, 1.54) is 12.1 Å². The van der Waals surface area contributed by atoms with Crippen molar-refractivity contribution in [1.82, 2.24) is 9.62 Å². The van der Waals surface area contributed by atoms with Crippen LogP contribution in [0.25, 0.3) is 0 Å². The van der Waals surface area contributed by atoms with Crippen molar-refractivity contribution in [3.8, 4) is 0 Å². The SMILES string of the molecule is CC(CN1CCOCC1)NS(=O)(=O)c1ccc(Cl)c(Br)c1. The minimum Gasteiger partial charge on any atom is -0.379 e.